The summed E-state index contributed by atoms with van der Waals surface area (Å²) < 4.78 is 0. The summed E-state index contributed by atoms with van der Waals surface area (Å²) in [5, 5.41) is 13.5. The molecule has 0 saturated carbocycles. The molecule has 0 aromatic rings. The monoisotopic (exact) mass is 203 g/mol. The molecule has 0 aliphatic heterocycles. The fourth-order valence-electron chi connectivity index (χ4n) is 0.913. The van der Waals surface area contributed by atoms with Crippen molar-refractivity contribution in [1.82, 2.24) is 10.6 Å². The first-order chi connectivity index (χ1) is 6.47. The van der Waals surface area contributed by atoms with Crippen LogP contribution < -0.4 is 16.4 Å². The van der Waals surface area contributed by atoms with E-state index in [9.17, 15) is 9.59 Å². The highest BCUT2D eigenvalue weighted by molar-refractivity contribution is 5.86. The van der Waals surface area contributed by atoms with Crippen molar-refractivity contribution in [1.29, 1.82) is 0 Å². The van der Waals surface area contributed by atoms with E-state index in [1.807, 2.05) is 0 Å². The zero-order valence-corrected chi connectivity index (χ0v) is 8.41. The summed E-state index contributed by atoms with van der Waals surface area (Å²) in [7, 11) is 0. The molecule has 5 N–H and O–H groups in total. The number of amides is 3. The van der Waals surface area contributed by atoms with Gasteiger partial charge in [0.2, 0.25) is 5.91 Å². The highest BCUT2D eigenvalue weighted by Gasteiger charge is 2.15. The molecule has 14 heavy (non-hydrogen) atoms. The lowest BCUT2D eigenvalue weighted by Gasteiger charge is -2.16. The summed E-state index contributed by atoms with van der Waals surface area (Å²) in [6.45, 7) is 3.32. The van der Waals surface area contributed by atoms with E-state index in [1.165, 1.54) is 6.92 Å². The minimum absolute atomic E-state index is 0.0130. The third kappa shape index (κ3) is 5.36. The molecule has 3 amide bonds. The van der Waals surface area contributed by atoms with E-state index in [4.69, 9.17) is 10.8 Å². The molecule has 6 heteroatoms. The Hall–Kier alpha value is -1.30. The standard InChI is InChI=1S/C8H17N3O3/c1-5(3-4-12)10-7(13)6(2)11-8(9)14/h5-6,12H,3-4H2,1-2H3,(H,10,13)(H3,9,11,14). The van der Waals surface area contributed by atoms with Gasteiger partial charge in [-0.3, -0.25) is 4.79 Å². The Labute approximate surface area is 82.9 Å². The lowest BCUT2D eigenvalue weighted by atomic mass is 10.2. The van der Waals surface area contributed by atoms with Crippen LogP contribution in [0.4, 0.5) is 4.79 Å². The third-order valence-corrected chi connectivity index (χ3v) is 1.70. The average Bonchev–Trinajstić information content (AvgIpc) is 2.02. The number of nitrogens with two attached hydrogens (primary N) is 1. The highest BCUT2D eigenvalue weighted by Crippen LogP contribution is 1.90. The molecule has 0 heterocycles. The molecule has 0 aliphatic rings. The lowest BCUT2D eigenvalue weighted by Crippen LogP contribution is -2.49. The van der Waals surface area contributed by atoms with E-state index < -0.39 is 12.1 Å². The number of aliphatic hydroxyl groups excluding tert-OH is 1. The number of aliphatic hydroxyl groups is 1. The maximum absolute atomic E-state index is 11.3. The molecule has 0 bridgehead atoms. The molecule has 0 spiro atoms. The molecule has 0 aromatic heterocycles. The predicted molar refractivity (Wildman–Crippen MR) is 51.5 cm³/mol. The van der Waals surface area contributed by atoms with Crippen molar-refractivity contribution >= 4 is 11.9 Å². The maximum atomic E-state index is 11.3. The number of carbonyl (C=O) groups is 2. The zero-order chi connectivity index (χ0) is 11.1. The molecular formula is C8H17N3O3. The Morgan fingerprint density at radius 3 is 2.36 bits per heavy atom. The number of primary amides is 1. The molecule has 0 rings (SSSR count). The first-order valence-electron chi connectivity index (χ1n) is 4.44. The Balaban J connectivity index is 3.88. The quantitative estimate of drug-likeness (QED) is 0.457. The van der Waals surface area contributed by atoms with Crippen molar-refractivity contribution in [2.45, 2.75) is 32.4 Å². The average molecular weight is 203 g/mol. The third-order valence-electron chi connectivity index (χ3n) is 1.70. The van der Waals surface area contributed by atoms with Crippen LogP contribution in [0.25, 0.3) is 0 Å². The summed E-state index contributed by atoms with van der Waals surface area (Å²) in [4.78, 5) is 21.7. The van der Waals surface area contributed by atoms with Gasteiger partial charge in [0.25, 0.3) is 0 Å². The number of urea groups is 1. The molecule has 0 aromatic carbocycles. The van der Waals surface area contributed by atoms with Crippen LogP contribution in [-0.2, 0) is 4.79 Å². The fraction of sp³-hybridized carbons (Fsp3) is 0.750. The second kappa shape index (κ2) is 6.20. The Morgan fingerprint density at radius 2 is 1.93 bits per heavy atom. The molecular weight excluding hydrogens is 186 g/mol. The van der Waals surface area contributed by atoms with Gasteiger partial charge in [0.05, 0.1) is 0 Å². The Morgan fingerprint density at radius 1 is 1.36 bits per heavy atom. The van der Waals surface area contributed by atoms with Crippen LogP contribution in [0, 0.1) is 0 Å². The number of nitrogens with one attached hydrogen (secondary N) is 2. The van der Waals surface area contributed by atoms with Crippen LogP contribution in [0.2, 0.25) is 0 Å². The van der Waals surface area contributed by atoms with Crippen LogP contribution in [0.15, 0.2) is 0 Å². The van der Waals surface area contributed by atoms with Gasteiger partial charge in [-0.15, -0.1) is 0 Å². The Kier molecular flexibility index (Phi) is 5.62. The molecule has 0 fully saturated rings. The second-order valence-corrected chi connectivity index (χ2v) is 3.15. The van der Waals surface area contributed by atoms with Crippen molar-refractivity contribution < 1.29 is 14.7 Å². The van der Waals surface area contributed by atoms with Crippen molar-refractivity contribution in [3.63, 3.8) is 0 Å². The van der Waals surface area contributed by atoms with Crippen molar-refractivity contribution in [3.8, 4) is 0 Å². The maximum Gasteiger partial charge on any atom is 0.312 e. The molecule has 0 radical (unpaired) electrons. The Bertz CT molecular complexity index is 208. The lowest BCUT2D eigenvalue weighted by molar-refractivity contribution is -0.123. The van der Waals surface area contributed by atoms with Gasteiger partial charge < -0.3 is 21.5 Å². The SMILES string of the molecule is CC(CCO)NC(=O)C(C)NC(N)=O. The van der Waals surface area contributed by atoms with Crippen molar-refractivity contribution in [2.24, 2.45) is 5.73 Å². The van der Waals surface area contributed by atoms with Crippen LogP contribution in [-0.4, -0.2) is 35.7 Å². The second-order valence-electron chi connectivity index (χ2n) is 3.15. The molecule has 6 nitrogen and oxygen atoms in total. The molecule has 2 unspecified atom stereocenters. The predicted octanol–water partition coefficient (Wildman–Crippen LogP) is -1.07. The highest BCUT2D eigenvalue weighted by atomic mass is 16.3. The molecule has 2 atom stereocenters. The largest absolute Gasteiger partial charge is 0.396 e. The van der Waals surface area contributed by atoms with Gasteiger partial charge in [-0.1, -0.05) is 0 Å². The summed E-state index contributed by atoms with van der Waals surface area (Å²) in [5.41, 5.74) is 4.85. The van der Waals surface area contributed by atoms with E-state index in [0.717, 1.165) is 0 Å². The van der Waals surface area contributed by atoms with Gasteiger partial charge in [-0.2, -0.15) is 0 Å². The minimum atomic E-state index is -0.734. The van der Waals surface area contributed by atoms with Crippen LogP contribution in [0.5, 0.6) is 0 Å². The topological polar surface area (TPSA) is 104 Å². The van der Waals surface area contributed by atoms with Crippen LogP contribution >= 0.6 is 0 Å². The summed E-state index contributed by atoms with van der Waals surface area (Å²) in [6, 6.07) is -1.51. The first kappa shape index (κ1) is 12.7. The minimum Gasteiger partial charge on any atom is -0.396 e. The van der Waals surface area contributed by atoms with Gasteiger partial charge in [-0.05, 0) is 20.3 Å². The van der Waals surface area contributed by atoms with Gasteiger partial charge in [0, 0.05) is 12.6 Å². The molecule has 0 aliphatic carbocycles. The van der Waals surface area contributed by atoms with E-state index in [2.05, 4.69) is 10.6 Å². The van der Waals surface area contributed by atoms with Gasteiger partial charge in [0.15, 0.2) is 0 Å². The number of rotatable bonds is 5. The van der Waals surface area contributed by atoms with Gasteiger partial charge >= 0.3 is 6.03 Å². The van der Waals surface area contributed by atoms with Gasteiger partial charge in [0.1, 0.15) is 6.04 Å². The van der Waals surface area contributed by atoms with Gasteiger partial charge in [-0.25, -0.2) is 4.79 Å². The van der Waals surface area contributed by atoms with Crippen LogP contribution in [0.3, 0.4) is 0 Å². The first-order valence-corrected chi connectivity index (χ1v) is 4.44. The van der Waals surface area contributed by atoms with E-state index >= 15 is 0 Å². The summed E-state index contributed by atoms with van der Waals surface area (Å²) in [5.74, 6) is -0.315. The zero-order valence-electron chi connectivity index (χ0n) is 8.41. The number of carbonyl (C=O) groups excluding carboxylic acids is 2. The van der Waals surface area contributed by atoms with E-state index in [1.54, 1.807) is 6.92 Å². The summed E-state index contributed by atoms with van der Waals surface area (Å²) >= 11 is 0. The molecule has 0 saturated heterocycles. The smallest absolute Gasteiger partial charge is 0.312 e. The number of hydrogen-bond acceptors (Lipinski definition) is 3. The van der Waals surface area contributed by atoms with Crippen molar-refractivity contribution in [3.05, 3.63) is 0 Å². The van der Waals surface area contributed by atoms with Crippen LogP contribution in [0.1, 0.15) is 20.3 Å². The normalized spacial score (nSPS) is 14.2. The molecule has 82 valence electrons. The van der Waals surface area contributed by atoms with Crippen molar-refractivity contribution in [2.75, 3.05) is 6.61 Å². The van der Waals surface area contributed by atoms with E-state index in [0.29, 0.717) is 6.42 Å². The van der Waals surface area contributed by atoms with E-state index in [-0.39, 0.29) is 18.6 Å². The summed E-state index contributed by atoms with van der Waals surface area (Å²) in [6.07, 6.45) is 0.481. The number of hydrogen-bond donors (Lipinski definition) is 4. The fourth-order valence-corrected chi connectivity index (χ4v) is 0.913.